The molecule has 0 amide bonds. The molecule has 0 radical (unpaired) electrons. The van der Waals surface area contributed by atoms with Gasteiger partial charge in [-0.15, -0.1) is 0 Å². The fourth-order valence-electron chi connectivity index (χ4n) is 3.06. The number of nitrogens with zero attached hydrogens (tertiary/aromatic N) is 3. The van der Waals surface area contributed by atoms with Gasteiger partial charge in [0, 0.05) is 14.1 Å². The molecule has 0 atom stereocenters. The Bertz CT molecular complexity index is 1100. The molecule has 2 heterocycles. The predicted octanol–water partition coefficient (Wildman–Crippen LogP) is 2.44. The Hall–Kier alpha value is -3.02. The van der Waals surface area contributed by atoms with Crippen molar-refractivity contribution in [3.8, 4) is 5.69 Å². The van der Waals surface area contributed by atoms with Gasteiger partial charge in [-0.3, -0.25) is 14.2 Å². The summed E-state index contributed by atoms with van der Waals surface area (Å²) in [6.45, 7) is 1.88. The van der Waals surface area contributed by atoms with E-state index in [0.717, 1.165) is 5.56 Å². The SMILES string of the molecule is Cc1ccc2c(c1)C(=O)c1nc3cc(N(C)C)c(F)cc3c(=O)n1-2. The van der Waals surface area contributed by atoms with Crippen LogP contribution < -0.4 is 10.5 Å². The number of ketones is 1. The third kappa shape index (κ3) is 1.83. The van der Waals surface area contributed by atoms with Crippen molar-refractivity contribution in [2.24, 2.45) is 0 Å². The van der Waals surface area contributed by atoms with Crippen LogP contribution in [0.2, 0.25) is 0 Å². The fourth-order valence-corrected chi connectivity index (χ4v) is 3.06. The highest BCUT2D eigenvalue weighted by Crippen LogP contribution is 2.28. The number of hydrogen-bond acceptors (Lipinski definition) is 4. The maximum absolute atomic E-state index is 14.2. The van der Waals surface area contributed by atoms with Crippen LogP contribution in [0.1, 0.15) is 21.7 Å². The van der Waals surface area contributed by atoms with Gasteiger partial charge in [0.1, 0.15) is 5.82 Å². The molecule has 4 rings (SSSR count). The molecule has 0 fully saturated rings. The minimum atomic E-state index is -0.500. The molecule has 1 aliphatic heterocycles. The molecule has 5 nitrogen and oxygen atoms in total. The summed E-state index contributed by atoms with van der Waals surface area (Å²) in [6.07, 6.45) is 0. The Morgan fingerprint density at radius 1 is 1.12 bits per heavy atom. The third-order valence-corrected chi connectivity index (χ3v) is 4.26. The first-order valence-electron chi connectivity index (χ1n) is 7.48. The molecule has 24 heavy (non-hydrogen) atoms. The average Bonchev–Trinajstić information content (AvgIpc) is 2.80. The largest absolute Gasteiger partial charge is 0.375 e. The van der Waals surface area contributed by atoms with Crippen molar-refractivity contribution in [2.75, 3.05) is 19.0 Å². The van der Waals surface area contributed by atoms with Gasteiger partial charge in [0.2, 0.25) is 5.78 Å². The van der Waals surface area contributed by atoms with Crippen LogP contribution in [0.4, 0.5) is 10.1 Å². The molecule has 0 aliphatic carbocycles. The van der Waals surface area contributed by atoms with Crippen LogP contribution in [0.15, 0.2) is 35.1 Å². The second kappa shape index (κ2) is 4.74. The molecule has 120 valence electrons. The number of aromatic nitrogens is 2. The minimum Gasteiger partial charge on any atom is -0.375 e. The van der Waals surface area contributed by atoms with E-state index in [0.29, 0.717) is 22.5 Å². The molecule has 1 aromatic heterocycles. The second-order valence-corrected chi connectivity index (χ2v) is 6.14. The Labute approximate surface area is 137 Å². The summed E-state index contributed by atoms with van der Waals surface area (Å²) >= 11 is 0. The molecule has 0 unspecified atom stereocenters. The van der Waals surface area contributed by atoms with Crippen LogP contribution in [0.5, 0.6) is 0 Å². The maximum Gasteiger partial charge on any atom is 0.266 e. The molecular weight excluding hydrogens is 309 g/mol. The van der Waals surface area contributed by atoms with E-state index >= 15 is 0 Å². The number of halogens is 1. The van der Waals surface area contributed by atoms with Gasteiger partial charge >= 0.3 is 0 Å². The van der Waals surface area contributed by atoms with Gasteiger partial charge in [-0.05, 0) is 31.2 Å². The van der Waals surface area contributed by atoms with Crippen LogP contribution in [-0.4, -0.2) is 29.4 Å². The number of benzene rings is 2. The van der Waals surface area contributed by atoms with Gasteiger partial charge < -0.3 is 4.90 Å². The second-order valence-electron chi connectivity index (χ2n) is 6.14. The monoisotopic (exact) mass is 323 g/mol. The van der Waals surface area contributed by atoms with E-state index in [1.807, 2.05) is 13.0 Å². The molecule has 1 aliphatic rings. The molecule has 6 heteroatoms. The number of aryl methyl sites for hydroxylation is 1. The van der Waals surface area contributed by atoms with E-state index < -0.39 is 11.4 Å². The van der Waals surface area contributed by atoms with Crippen molar-refractivity contribution >= 4 is 22.4 Å². The molecule has 0 saturated carbocycles. The first kappa shape index (κ1) is 14.6. The summed E-state index contributed by atoms with van der Waals surface area (Å²) in [4.78, 5) is 31.4. The fraction of sp³-hybridized carbons (Fsp3) is 0.167. The molecule has 0 N–H and O–H groups in total. The number of anilines is 1. The summed E-state index contributed by atoms with van der Waals surface area (Å²) in [7, 11) is 3.41. The Kier molecular flexibility index (Phi) is 2.87. The Morgan fingerprint density at radius 3 is 2.58 bits per heavy atom. The normalized spacial score (nSPS) is 12.4. The van der Waals surface area contributed by atoms with E-state index in [1.54, 1.807) is 31.1 Å². The van der Waals surface area contributed by atoms with Crippen molar-refractivity contribution in [1.82, 2.24) is 9.55 Å². The predicted molar refractivity (Wildman–Crippen MR) is 89.8 cm³/mol. The molecular formula is C18H14FN3O2. The van der Waals surface area contributed by atoms with Gasteiger partial charge in [-0.2, -0.15) is 0 Å². The number of fused-ring (bicyclic) bond motifs is 4. The smallest absolute Gasteiger partial charge is 0.266 e. The van der Waals surface area contributed by atoms with E-state index in [9.17, 15) is 14.0 Å². The number of carbonyl (C=O) groups excluding carboxylic acids is 1. The van der Waals surface area contributed by atoms with Crippen LogP contribution in [-0.2, 0) is 0 Å². The summed E-state index contributed by atoms with van der Waals surface area (Å²) in [5.41, 5.74) is 2.07. The zero-order valence-corrected chi connectivity index (χ0v) is 13.4. The number of rotatable bonds is 1. The van der Waals surface area contributed by atoms with Crippen LogP contribution in [0, 0.1) is 12.7 Å². The molecule has 0 spiro atoms. The quantitative estimate of drug-likeness (QED) is 0.540. The van der Waals surface area contributed by atoms with Crippen LogP contribution >= 0.6 is 0 Å². The van der Waals surface area contributed by atoms with Gasteiger partial charge in [-0.1, -0.05) is 11.6 Å². The highest BCUT2D eigenvalue weighted by atomic mass is 19.1. The van der Waals surface area contributed by atoms with E-state index in [2.05, 4.69) is 4.98 Å². The number of hydrogen-bond donors (Lipinski definition) is 0. The zero-order valence-electron chi connectivity index (χ0n) is 13.4. The van der Waals surface area contributed by atoms with Gasteiger partial charge in [-0.25, -0.2) is 9.37 Å². The summed E-state index contributed by atoms with van der Waals surface area (Å²) < 4.78 is 15.5. The Morgan fingerprint density at radius 2 is 1.88 bits per heavy atom. The highest BCUT2D eigenvalue weighted by molar-refractivity contribution is 6.13. The number of carbonyl (C=O) groups is 1. The average molecular weight is 323 g/mol. The van der Waals surface area contributed by atoms with Crippen molar-refractivity contribution in [3.05, 3.63) is 63.5 Å². The lowest BCUT2D eigenvalue weighted by atomic mass is 10.1. The summed E-state index contributed by atoms with van der Waals surface area (Å²) in [6, 6.07) is 7.97. The van der Waals surface area contributed by atoms with Crippen molar-refractivity contribution < 1.29 is 9.18 Å². The van der Waals surface area contributed by atoms with Crippen molar-refractivity contribution in [2.45, 2.75) is 6.92 Å². The lowest BCUT2D eigenvalue weighted by molar-refractivity contribution is 0.103. The van der Waals surface area contributed by atoms with E-state index in [4.69, 9.17) is 0 Å². The van der Waals surface area contributed by atoms with Gasteiger partial charge in [0.05, 0.1) is 27.8 Å². The molecule has 2 aromatic carbocycles. The lowest BCUT2D eigenvalue weighted by Gasteiger charge is -2.14. The Balaban J connectivity index is 2.11. The standard InChI is InChI=1S/C18H14FN3O2/c1-9-4-5-14-11(6-9)16(23)17-20-13-8-15(21(2)3)12(19)7-10(13)18(24)22(14)17/h4-8H,1-3H3. The summed E-state index contributed by atoms with van der Waals surface area (Å²) in [5.74, 6) is -0.715. The van der Waals surface area contributed by atoms with Gasteiger partial charge in [0.25, 0.3) is 5.56 Å². The maximum atomic E-state index is 14.2. The first-order chi connectivity index (χ1) is 11.4. The first-order valence-corrected chi connectivity index (χ1v) is 7.48. The highest BCUT2D eigenvalue weighted by Gasteiger charge is 2.30. The summed E-state index contributed by atoms with van der Waals surface area (Å²) in [5, 5.41) is 0.156. The topological polar surface area (TPSA) is 55.2 Å². The van der Waals surface area contributed by atoms with Crippen molar-refractivity contribution in [1.29, 1.82) is 0 Å². The third-order valence-electron chi connectivity index (χ3n) is 4.26. The van der Waals surface area contributed by atoms with E-state index in [-0.39, 0.29) is 17.0 Å². The van der Waals surface area contributed by atoms with Crippen LogP contribution in [0.3, 0.4) is 0 Å². The minimum absolute atomic E-state index is 0.0735. The lowest BCUT2D eigenvalue weighted by Crippen LogP contribution is -2.22. The van der Waals surface area contributed by atoms with Crippen LogP contribution in [0.25, 0.3) is 16.6 Å². The molecule has 0 saturated heterocycles. The van der Waals surface area contributed by atoms with Gasteiger partial charge in [0.15, 0.2) is 5.82 Å². The van der Waals surface area contributed by atoms with E-state index in [1.165, 1.54) is 16.7 Å². The van der Waals surface area contributed by atoms with Crippen molar-refractivity contribution in [3.63, 3.8) is 0 Å². The zero-order chi connectivity index (χ0) is 17.2. The molecule has 0 bridgehead atoms. The molecule has 3 aromatic rings.